The number of rotatable bonds is 0. The molecule has 0 N–H and O–H groups in total. The van der Waals surface area contributed by atoms with Gasteiger partial charge in [0.05, 0.1) is 0 Å². The molecule has 0 aromatic heterocycles. The van der Waals surface area contributed by atoms with Crippen LogP contribution in [0, 0.1) is 30.6 Å². The van der Waals surface area contributed by atoms with E-state index >= 15 is 0 Å². The van der Waals surface area contributed by atoms with Gasteiger partial charge in [-0.3, -0.25) is 0 Å². The van der Waals surface area contributed by atoms with Crippen molar-refractivity contribution in [2.45, 2.75) is 78.7 Å². The Kier molecular flexibility index (Phi) is 3.38. The SMILES string of the molecule is Cc1ccc2c(c1C)[C@]13CCN(C)[C@@H](C2)C1(C)CC[C@H](C)C3(C)C. The number of piperidine rings is 1. The van der Waals surface area contributed by atoms with E-state index in [1.54, 1.807) is 16.7 Å². The number of likely N-dealkylation sites (N-methyl/N-ethyl adjacent to an activating group) is 1. The van der Waals surface area contributed by atoms with Crippen molar-refractivity contribution in [1.82, 2.24) is 4.90 Å². The van der Waals surface area contributed by atoms with Crippen LogP contribution in [0.15, 0.2) is 12.1 Å². The first-order valence-electron chi connectivity index (χ1n) is 9.96. The second kappa shape index (κ2) is 4.87. The Morgan fingerprint density at radius 2 is 1.79 bits per heavy atom. The van der Waals surface area contributed by atoms with Gasteiger partial charge in [0, 0.05) is 11.5 Å². The molecular weight excluding hydrogens is 290 g/mol. The van der Waals surface area contributed by atoms with E-state index in [1.165, 1.54) is 37.8 Å². The number of hydrogen-bond donors (Lipinski definition) is 0. The summed E-state index contributed by atoms with van der Waals surface area (Å²) in [6, 6.07) is 5.52. The molecule has 1 saturated heterocycles. The standard InChI is InChI=1S/C23H35N/c1-15-8-9-18-14-19-22(6)11-10-16(2)21(4,5)23(22,12-13-24(19)7)20(18)17(15)3/h8-9,16,19H,10-14H2,1-7H3/t16-,19-,22?,23-/m0/s1. The van der Waals surface area contributed by atoms with Crippen molar-refractivity contribution in [1.29, 1.82) is 0 Å². The predicted molar refractivity (Wildman–Crippen MR) is 103 cm³/mol. The van der Waals surface area contributed by atoms with Gasteiger partial charge in [-0.05, 0) is 92.1 Å². The molecule has 1 heterocycles. The number of hydrogen-bond acceptors (Lipinski definition) is 1. The van der Waals surface area contributed by atoms with Gasteiger partial charge in [-0.1, -0.05) is 39.8 Å². The summed E-state index contributed by atoms with van der Waals surface area (Å²) < 4.78 is 0. The number of nitrogens with zero attached hydrogens (tertiary/aromatic N) is 1. The maximum atomic E-state index is 2.68. The molecule has 0 amide bonds. The Balaban J connectivity index is 2.10. The fourth-order valence-electron chi connectivity index (χ4n) is 7.25. The van der Waals surface area contributed by atoms with Crippen LogP contribution in [0.1, 0.15) is 69.2 Å². The van der Waals surface area contributed by atoms with Gasteiger partial charge >= 0.3 is 0 Å². The van der Waals surface area contributed by atoms with Crippen molar-refractivity contribution < 1.29 is 0 Å². The zero-order chi connectivity index (χ0) is 17.5. The van der Waals surface area contributed by atoms with Crippen LogP contribution in [0.25, 0.3) is 0 Å². The summed E-state index contributed by atoms with van der Waals surface area (Å²) in [5.41, 5.74) is 7.56. The van der Waals surface area contributed by atoms with Gasteiger partial charge in [0.1, 0.15) is 0 Å². The quantitative estimate of drug-likeness (QED) is 0.628. The number of fused-ring (bicyclic) bond motifs is 1. The first-order valence-corrected chi connectivity index (χ1v) is 9.96. The van der Waals surface area contributed by atoms with Crippen LogP contribution in [0.4, 0.5) is 0 Å². The van der Waals surface area contributed by atoms with Crippen LogP contribution < -0.4 is 0 Å². The van der Waals surface area contributed by atoms with Crippen molar-refractivity contribution in [2.24, 2.45) is 16.7 Å². The zero-order valence-corrected chi connectivity index (χ0v) is 16.8. The molecule has 1 aliphatic heterocycles. The molecule has 1 aromatic carbocycles. The molecule has 2 aliphatic carbocycles. The van der Waals surface area contributed by atoms with Crippen molar-refractivity contribution in [3.63, 3.8) is 0 Å². The average molecular weight is 326 g/mol. The van der Waals surface area contributed by atoms with Crippen molar-refractivity contribution in [3.8, 4) is 0 Å². The van der Waals surface area contributed by atoms with Gasteiger partial charge < -0.3 is 4.90 Å². The number of benzene rings is 1. The molecular formula is C23H35N. The fourth-order valence-corrected chi connectivity index (χ4v) is 7.25. The molecule has 4 rings (SSSR count). The minimum absolute atomic E-state index is 0.332. The highest BCUT2D eigenvalue weighted by Crippen LogP contribution is 2.70. The predicted octanol–water partition coefficient (Wildman–Crippen LogP) is 5.26. The van der Waals surface area contributed by atoms with Gasteiger partial charge in [-0.2, -0.15) is 0 Å². The first kappa shape index (κ1) is 16.6. The van der Waals surface area contributed by atoms with Crippen LogP contribution in [0.3, 0.4) is 0 Å². The molecule has 2 fully saturated rings. The molecule has 1 unspecified atom stereocenters. The van der Waals surface area contributed by atoms with Crippen molar-refractivity contribution in [2.75, 3.05) is 13.6 Å². The third-order valence-electron chi connectivity index (χ3n) is 9.17. The largest absolute Gasteiger partial charge is 0.302 e. The van der Waals surface area contributed by atoms with E-state index in [4.69, 9.17) is 0 Å². The first-order chi connectivity index (χ1) is 11.2. The lowest BCUT2D eigenvalue weighted by Crippen LogP contribution is -2.72. The van der Waals surface area contributed by atoms with Gasteiger partial charge in [0.15, 0.2) is 0 Å². The normalized spacial score (nSPS) is 40.8. The Hall–Kier alpha value is -0.820. The summed E-state index contributed by atoms with van der Waals surface area (Å²) in [7, 11) is 2.37. The molecule has 1 saturated carbocycles. The molecule has 1 nitrogen and oxygen atoms in total. The summed E-state index contributed by atoms with van der Waals surface area (Å²) in [4.78, 5) is 2.68. The van der Waals surface area contributed by atoms with E-state index in [2.05, 4.69) is 65.6 Å². The van der Waals surface area contributed by atoms with Gasteiger partial charge in [0.2, 0.25) is 0 Å². The van der Waals surface area contributed by atoms with E-state index in [0.29, 0.717) is 22.3 Å². The van der Waals surface area contributed by atoms with Crippen LogP contribution in [-0.4, -0.2) is 24.5 Å². The maximum Gasteiger partial charge on any atom is 0.0195 e. The van der Waals surface area contributed by atoms with Crippen LogP contribution >= 0.6 is 0 Å². The van der Waals surface area contributed by atoms with Gasteiger partial charge in [-0.15, -0.1) is 0 Å². The van der Waals surface area contributed by atoms with Crippen molar-refractivity contribution in [3.05, 3.63) is 34.4 Å². The monoisotopic (exact) mass is 325 g/mol. The van der Waals surface area contributed by atoms with Gasteiger partial charge in [0.25, 0.3) is 0 Å². The Morgan fingerprint density at radius 1 is 1.08 bits per heavy atom. The highest BCUT2D eigenvalue weighted by molar-refractivity contribution is 5.52. The number of aryl methyl sites for hydroxylation is 1. The minimum atomic E-state index is 0.332. The second-order valence-corrected chi connectivity index (χ2v) is 9.98. The molecule has 0 spiro atoms. The second-order valence-electron chi connectivity index (χ2n) is 9.98. The van der Waals surface area contributed by atoms with E-state index in [-0.39, 0.29) is 0 Å². The zero-order valence-electron chi connectivity index (χ0n) is 16.8. The Labute approximate surface area is 148 Å². The minimum Gasteiger partial charge on any atom is -0.302 e. The maximum absolute atomic E-state index is 2.68. The summed E-state index contributed by atoms with van der Waals surface area (Å²) in [5, 5.41) is 0. The van der Waals surface area contributed by atoms with Gasteiger partial charge in [-0.25, -0.2) is 0 Å². The average Bonchev–Trinajstić information content (AvgIpc) is 2.51. The summed E-state index contributed by atoms with van der Waals surface area (Å²) in [6.07, 6.45) is 5.34. The molecule has 2 bridgehead atoms. The third kappa shape index (κ3) is 1.66. The highest BCUT2D eigenvalue weighted by atomic mass is 15.2. The third-order valence-corrected chi connectivity index (χ3v) is 9.17. The molecule has 1 heteroatoms. The Bertz CT molecular complexity index is 688. The molecule has 0 radical (unpaired) electrons. The topological polar surface area (TPSA) is 3.24 Å². The summed E-state index contributed by atoms with van der Waals surface area (Å²) >= 11 is 0. The molecule has 3 aliphatic rings. The van der Waals surface area contributed by atoms with E-state index < -0.39 is 0 Å². The van der Waals surface area contributed by atoms with Crippen LogP contribution in [-0.2, 0) is 11.8 Å². The molecule has 132 valence electrons. The Morgan fingerprint density at radius 3 is 2.50 bits per heavy atom. The van der Waals surface area contributed by atoms with E-state index in [1.807, 2.05) is 0 Å². The van der Waals surface area contributed by atoms with Crippen LogP contribution in [0.5, 0.6) is 0 Å². The molecule has 24 heavy (non-hydrogen) atoms. The highest BCUT2D eigenvalue weighted by Gasteiger charge is 2.68. The summed E-state index contributed by atoms with van der Waals surface area (Å²) in [6.45, 7) is 16.3. The molecule has 4 atom stereocenters. The van der Waals surface area contributed by atoms with E-state index in [9.17, 15) is 0 Å². The fraction of sp³-hybridized carbons (Fsp3) is 0.739. The smallest absolute Gasteiger partial charge is 0.0195 e. The summed E-state index contributed by atoms with van der Waals surface area (Å²) in [5.74, 6) is 0.792. The molecule has 1 aromatic rings. The lowest BCUT2D eigenvalue weighted by atomic mass is 9.35. The van der Waals surface area contributed by atoms with E-state index in [0.717, 1.165) is 5.92 Å². The lowest BCUT2D eigenvalue weighted by Gasteiger charge is -2.72. The lowest BCUT2D eigenvalue weighted by molar-refractivity contribution is -0.154. The van der Waals surface area contributed by atoms with Crippen molar-refractivity contribution >= 4 is 0 Å². The number of likely N-dealkylation sites (tertiary alicyclic amines) is 1. The van der Waals surface area contributed by atoms with Crippen LogP contribution in [0.2, 0.25) is 0 Å².